The third kappa shape index (κ3) is 5.41. The van der Waals surface area contributed by atoms with Crippen LogP contribution in [0, 0.1) is 6.92 Å². The summed E-state index contributed by atoms with van der Waals surface area (Å²) in [7, 11) is 0. The number of nitrogens with one attached hydrogen (secondary N) is 1. The van der Waals surface area contributed by atoms with Crippen molar-refractivity contribution < 1.29 is 13.9 Å². The molecule has 1 N–H and O–H groups in total. The zero-order valence-electron chi connectivity index (χ0n) is 15.1. The predicted molar refractivity (Wildman–Crippen MR) is 110 cm³/mol. The molecule has 0 aliphatic heterocycles. The lowest BCUT2D eigenvalue weighted by atomic mass is 10.2. The number of nitrogens with zero attached hydrogens (tertiary/aromatic N) is 2. The summed E-state index contributed by atoms with van der Waals surface area (Å²) in [5.74, 6) is 0.738. The van der Waals surface area contributed by atoms with Gasteiger partial charge in [-0.25, -0.2) is 0 Å². The Balaban J connectivity index is 1.54. The van der Waals surface area contributed by atoms with Crippen molar-refractivity contribution in [2.45, 2.75) is 25.2 Å². The molecule has 1 aromatic heterocycles. The van der Waals surface area contributed by atoms with Crippen LogP contribution in [0.3, 0.4) is 0 Å². The number of carbonyl (C=O) groups is 1. The molecule has 1 heterocycles. The highest BCUT2D eigenvalue weighted by Gasteiger charge is 2.18. The summed E-state index contributed by atoms with van der Waals surface area (Å²) in [5, 5.41) is 12.0. The molecule has 0 unspecified atom stereocenters. The third-order valence-corrected chi connectivity index (χ3v) is 5.06. The number of rotatable bonds is 7. The molecular formula is C19H17Cl2N3O3S. The minimum Gasteiger partial charge on any atom is -0.479 e. The summed E-state index contributed by atoms with van der Waals surface area (Å²) in [6.45, 7) is 3.69. The number of carbonyl (C=O) groups excluding carboxylic acids is 1. The summed E-state index contributed by atoms with van der Waals surface area (Å²) < 4.78 is 11.3. The minimum atomic E-state index is -0.513. The molecule has 1 atom stereocenters. The Morgan fingerprint density at radius 2 is 2.04 bits per heavy atom. The van der Waals surface area contributed by atoms with Gasteiger partial charge in [0.15, 0.2) is 6.10 Å². The smallest absolute Gasteiger partial charge is 0.277 e. The number of halogens is 2. The van der Waals surface area contributed by atoms with Crippen LogP contribution in [0.4, 0.5) is 5.69 Å². The van der Waals surface area contributed by atoms with E-state index in [0.29, 0.717) is 15.8 Å². The molecular weight excluding hydrogens is 421 g/mol. The quantitative estimate of drug-likeness (QED) is 0.487. The lowest BCUT2D eigenvalue weighted by Crippen LogP contribution is -2.14. The zero-order chi connectivity index (χ0) is 20.1. The van der Waals surface area contributed by atoms with E-state index in [1.807, 2.05) is 31.2 Å². The van der Waals surface area contributed by atoms with Crippen LogP contribution in [-0.4, -0.2) is 21.9 Å². The number of hydrogen-bond acceptors (Lipinski definition) is 6. The molecule has 0 fully saturated rings. The van der Waals surface area contributed by atoms with E-state index >= 15 is 0 Å². The molecule has 0 aliphatic rings. The van der Waals surface area contributed by atoms with Crippen molar-refractivity contribution in [1.29, 1.82) is 0 Å². The first-order chi connectivity index (χ1) is 13.4. The van der Waals surface area contributed by atoms with Crippen LogP contribution >= 0.6 is 35.0 Å². The van der Waals surface area contributed by atoms with Crippen molar-refractivity contribution in [2.24, 2.45) is 0 Å². The van der Waals surface area contributed by atoms with Crippen LogP contribution in [0.5, 0.6) is 5.75 Å². The normalized spacial score (nSPS) is 11.9. The number of hydrogen-bond donors (Lipinski definition) is 1. The zero-order valence-corrected chi connectivity index (χ0v) is 17.4. The van der Waals surface area contributed by atoms with E-state index in [-0.39, 0.29) is 22.8 Å². The number of benzene rings is 2. The Morgan fingerprint density at radius 1 is 1.25 bits per heavy atom. The second kappa shape index (κ2) is 9.32. The highest BCUT2D eigenvalue weighted by atomic mass is 35.5. The standard InChI is InChI=1S/C19H17Cl2N3O3S/c1-11-5-3-4-6-15(11)22-17(25)10-28-19-24-23-18(27-19)12(2)26-16-8-7-13(20)9-14(16)21/h3-9,12H,10H2,1-2H3,(H,22,25)/t12-/m1/s1. The number of amides is 1. The fourth-order valence-electron chi connectivity index (χ4n) is 2.28. The van der Waals surface area contributed by atoms with Crippen molar-refractivity contribution >= 4 is 46.6 Å². The Hall–Kier alpha value is -2.22. The second-order valence-corrected chi connectivity index (χ2v) is 7.66. The number of anilines is 1. The van der Waals surface area contributed by atoms with Gasteiger partial charge in [-0.05, 0) is 43.7 Å². The Morgan fingerprint density at radius 3 is 2.79 bits per heavy atom. The molecule has 28 heavy (non-hydrogen) atoms. The van der Waals surface area contributed by atoms with E-state index in [1.165, 1.54) is 0 Å². The van der Waals surface area contributed by atoms with Gasteiger partial charge in [-0.3, -0.25) is 4.79 Å². The Labute approximate surface area is 176 Å². The maximum atomic E-state index is 12.1. The molecule has 0 bridgehead atoms. The summed E-state index contributed by atoms with van der Waals surface area (Å²) in [4.78, 5) is 12.1. The first-order valence-corrected chi connectivity index (χ1v) is 10.1. The maximum Gasteiger partial charge on any atom is 0.277 e. The average molecular weight is 438 g/mol. The van der Waals surface area contributed by atoms with Gasteiger partial charge in [0.05, 0.1) is 10.8 Å². The van der Waals surface area contributed by atoms with Gasteiger partial charge in [-0.1, -0.05) is 53.2 Å². The topological polar surface area (TPSA) is 77.2 Å². The van der Waals surface area contributed by atoms with E-state index in [0.717, 1.165) is 23.0 Å². The van der Waals surface area contributed by atoms with E-state index in [2.05, 4.69) is 15.5 Å². The minimum absolute atomic E-state index is 0.147. The van der Waals surface area contributed by atoms with Gasteiger partial charge in [-0.15, -0.1) is 10.2 Å². The predicted octanol–water partition coefficient (Wildman–Crippen LogP) is 5.56. The van der Waals surface area contributed by atoms with Gasteiger partial charge in [-0.2, -0.15) is 0 Å². The van der Waals surface area contributed by atoms with Gasteiger partial charge in [0, 0.05) is 10.7 Å². The fourth-order valence-corrected chi connectivity index (χ4v) is 3.30. The van der Waals surface area contributed by atoms with Crippen LogP contribution in [0.25, 0.3) is 0 Å². The largest absolute Gasteiger partial charge is 0.479 e. The summed E-state index contributed by atoms with van der Waals surface area (Å²) in [6.07, 6.45) is -0.513. The third-order valence-electron chi connectivity index (χ3n) is 3.71. The highest BCUT2D eigenvalue weighted by Crippen LogP contribution is 2.31. The van der Waals surface area contributed by atoms with Crippen molar-refractivity contribution in [1.82, 2.24) is 10.2 Å². The van der Waals surface area contributed by atoms with Gasteiger partial charge in [0.25, 0.3) is 11.1 Å². The molecule has 1 amide bonds. The molecule has 6 nitrogen and oxygen atoms in total. The first-order valence-electron chi connectivity index (χ1n) is 8.36. The summed E-state index contributed by atoms with van der Waals surface area (Å²) in [5.41, 5.74) is 1.77. The first kappa shape index (κ1) is 20.5. The van der Waals surface area contributed by atoms with Gasteiger partial charge >= 0.3 is 0 Å². The van der Waals surface area contributed by atoms with Crippen molar-refractivity contribution in [3.8, 4) is 5.75 Å². The number of aromatic nitrogens is 2. The van der Waals surface area contributed by atoms with E-state index < -0.39 is 6.10 Å². The lowest BCUT2D eigenvalue weighted by Gasteiger charge is -2.12. The monoisotopic (exact) mass is 437 g/mol. The number of para-hydroxylation sites is 1. The molecule has 3 aromatic rings. The number of aryl methyl sites for hydroxylation is 1. The second-order valence-electron chi connectivity index (χ2n) is 5.89. The lowest BCUT2D eigenvalue weighted by molar-refractivity contribution is -0.113. The Kier molecular flexibility index (Phi) is 6.83. The van der Waals surface area contributed by atoms with Crippen molar-refractivity contribution in [3.63, 3.8) is 0 Å². The molecule has 9 heteroatoms. The molecule has 2 aromatic carbocycles. The average Bonchev–Trinajstić information content (AvgIpc) is 3.13. The summed E-state index contributed by atoms with van der Waals surface area (Å²) >= 11 is 13.1. The van der Waals surface area contributed by atoms with Gasteiger partial charge in [0.1, 0.15) is 5.75 Å². The van der Waals surface area contributed by atoms with E-state index in [4.69, 9.17) is 32.4 Å². The molecule has 0 saturated heterocycles. The highest BCUT2D eigenvalue weighted by molar-refractivity contribution is 7.99. The van der Waals surface area contributed by atoms with Crippen molar-refractivity contribution in [2.75, 3.05) is 11.1 Å². The van der Waals surface area contributed by atoms with Gasteiger partial charge in [0.2, 0.25) is 5.91 Å². The number of ether oxygens (including phenoxy) is 1. The number of thioether (sulfide) groups is 1. The van der Waals surface area contributed by atoms with E-state index in [1.54, 1.807) is 25.1 Å². The van der Waals surface area contributed by atoms with Crippen molar-refractivity contribution in [3.05, 3.63) is 64.0 Å². The fraction of sp³-hybridized carbons (Fsp3) is 0.211. The molecule has 3 rings (SSSR count). The van der Waals surface area contributed by atoms with Crippen LogP contribution < -0.4 is 10.1 Å². The van der Waals surface area contributed by atoms with Crippen LogP contribution in [-0.2, 0) is 4.79 Å². The molecule has 0 saturated carbocycles. The summed E-state index contributed by atoms with van der Waals surface area (Å²) in [6, 6.07) is 12.5. The Bertz CT molecular complexity index is 981. The van der Waals surface area contributed by atoms with Crippen LogP contribution in [0.15, 0.2) is 52.1 Å². The molecule has 146 valence electrons. The van der Waals surface area contributed by atoms with Crippen LogP contribution in [0.1, 0.15) is 24.5 Å². The molecule has 0 spiro atoms. The van der Waals surface area contributed by atoms with Gasteiger partial charge < -0.3 is 14.5 Å². The van der Waals surface area contributed by atoms with E-state index in [9.17, 15) is 4.79 Å². The molecule has 0 aliphatic carbocycles. The van der Waals surface area contributed by atoms with Crippen LogP contribution in [0.2, 0.25) is 10.0 Å². The SMILES string of the molecule is Cc1ccccc1NC(=O)CSc1nnc([C@@H](C)Oc2ccc(Cl)cc2Cl)o1. The maximum absolute atomic E-state index is 12.1. The molecule has 0 radical (unpaired) electrons.